The third-order valence-electron chi connectivity index (χ3n) is 4.52. The number of hydrogen-bond acceptors (Lipinski definition) is 3. The molecule has 0 radical (unpaired) electrons. The number of likely N-dealkylation sites (tertiary alicyclic amines) is 1. The van der Waals surface area contributed by atoms with Gasteiger partial charge in [-0.2, -0.15) is 13.2 Å². The van der Waals surface area contributed by atoms with Crippen LogP contribution in [-0.4, -0.2) is 33.5 Å². The van der Waals surface area contributed by atoms with Gasteiger partial charge in [0.05, 0.1) is 16.6 Å². The fraction of sp³-hybridized carbons (Fsp3) is 0.333. The summed E-state index contributed by atoms with van der Waals surface area (Å²) < 4.78 is 39.8. The van der Waals surface area contributed by atoms with Crippen LogP contribution in [0.25, 0.3) is 0 Å². The molecule has 3 rings (SSSR count). The van der Waals surface area contributed by atoms with Crippen molar-refractivity contribution >= 4 is 17.6 Å². The number of alkyl halides is 3. The van der Waals surface area contributed by atoms with Gasteiger partial charge >= 0.3 is 12.1 Å². The molecule has 2 unspecified atom stereocenters. The Kier molecular flexibility index (Phi) is 5.20. The first kappa shape index (κ1) is 18.7. The molecule has 0 amide bonds. The molecule has 1 N–H and O–H groups in total. The van der Waals surface area contributed by atoms with Crippen molar-refractivity contribution in [2.75, 3.05) is 6.54 Å². The molecule has 2 atom stereocenters. The van der Waals surface area contributed by atoms with Crippen LogP contribution in [0.1, 0.15) is 35.6 Å². The number of carboxylic acids is 1. The van der Waals surface area contributed by atoms with E-state index in [1.54, 1.807) is 29.4 Å². The van der Waals surface area contributed by atoms with Crippen LogP contribution in [0.15, 0.2) is 42.7 Å². The van der Waals surface area contributed by atoms with Crippen LogP contribution in [0.3, 0.4) is 0 Å². The molecule has 4 nitrogen and oxygen atoms in total. The van der Waals surface area contributed by atoms with E-state index in [9.17, 15) is 23.1 Å². The summed E-state index contributed by atoms with van der Waals surface area (Å²) in [4.78, 5) is 17.4. The summed E-state index contributed by atoms with van der Waals surface area (Å²) in [6, 6.07) is 5.71. The van der Waals surface area contributed by atoms with Crippen LogP contribution in [0.5, 0.6) is 0 Å². The largest absolute Gasteiger partial charge is 0.480 e. The van der Waals surface area contributed by atoms with Gasteiger partial charge < -0.3 is 5.11 Å². The highest BCUT2D eigenvalue weighted by molar-refractivity contribution is 6.31. The van der Waals surface area contributed by atoms with Gasteiger partial charge in [0, 0.05) is 18.9 Å². The number of aromatic nitrogens is 1. The van der Waals surface area contributed by atoms with Crippen molar-refractivity contribution in [1.82, 2.24) is 9.88 Å². The average Bonchev–Trinajstić information content (AvgIpc) is 3.06. The van der Waals surface area contributed by atoms with Crippen LogP contribution in [0.4, 0.5) is 13.2 Å². The highest BCUT2D eigenvalue weighted by Crippen LogP contribution is 2.40. The maximum absolute atomic E-state index is 13.3. The molecule has 1 saturated heterocycles. The zero-order valence-electron chi connectivity index (χ0n) is 13.6. The molecule has 2 heterocycles. The highest BCUT2D eigenvalue weighted by Gasteiger charge is 2.39. The predicted molar refractivity (Wildman–Crippen MR) is 89.9 cm³/mol. The molecule has 2 aromatic rings. The Morgan fingerprint density at radius 3 is 2.69 bits per heavy atom. The lowest BCUT2D eigenvalue weighted by Crippen LogP contribution is -2.39. The molecule has 0 bridgehead atoms. The minimum absolute atomic E-state index is 0.336. The number of hydrogen-bond donors (Lipinski definition) is 1. The molecule has 0 aliphatic carbocycles. The summed E-state index contributed by atoms with van der Waals surface area (Å²) in [6.07, 6.45) is -0.380. The number of rotatable bonds is 4. The molecular weight excluding hydrogens is 369 g/mol. The quantitative estimate of drug-likeness (QED) is 0.849. The highest BCUT2D eigenvalue weighted by atomic mass is 35.5. The lowest BCUT2D eigenvalue weighted by atomic mass is 9.96. The summed E-state index contributed by atoms with van der Waals surface area (Å²) >= 11 is 5.73. The first-order valence-electron chi connectivity index (χ1n) is 8.04. The van der Waals surface area contributed by atoms with E-state index in [4.69, 9.17) is 11.6 Å². The third-order valence-corrected chi connectivity index (χ3v) is 4.85. The molecular formula is C18H16ClF3N2O2. The van der Waals surface area contributed by atoms with Crippen molar-refractivity contribution in [2.24, 2.45) is 0 Å². The van der Waals surface area contributed by atoms with E-state index in [0.717, 1.165) is 6.07 Å². The topological polar surface area (TPSA) is 53.4 Å². The van der Waals surface area contributed by atoms with E-state index in [0.29, 0.717) is 30.5 Å². The Balaban J connectivity index is 2.12. The maximum atomic E-state index is 13.3. The van der Waals surface area contributed by atoms with Crippen molar-refractivity contribution in [3.8, 4) is 0 Å². The number of carboxylic acid groups (broad SMARTS) is 1. The zero-order valence-corrected chi connectivity index (χ0v) is 14.3. The molecule has 138 valence electrons. The van der Waals surface area contributed by atoms with E-state index in [1.165, 1.54) is 12.1 Å². The molecule has 0 spiro atoms. The first-order chi connectivity index (χ1) is 12.3. The fourth-order valence-electron chi connectivity index (χ4n) is 3.41. The van der Waals surface area contributed by atoms with Crippen LogP contribution in [0.2, 0.25) is 5.02 Å². The zero-order chi connectivity index (χ0) is 18.9. The molecule has 1 aliphatic heterocycles. The van der Waals surface area contributed by atoms with Gasteiger partial charge in [0.15, 0.2) is 0 Å². The molecule has 1 aromatic heterocycles. The van der Waals surface area contributed by atoms with Gasteiger partial charge in [-0.25, -0.2) is 0 Å². The number of benzene rings is 1. The normalized spacial score (nSPS) is 19.5. The molecule has 1 fully saturated rings. The van der Waals surface area contributed by atoms with Gasteiger partial charge in [0.25, 0.3) is 0 Å². The third kappa shape index (κ3) is 3.68. The Bertz CT molecular complexity index is 799. The Hall–Kier alpha value is -2.12. The summed E-state index contributed by atoms with van der Waals surface area (Å²) in [5.74, 6) is -0.985. The van der Waals surface area contributed by atoms with Gasteiger partial charge in [0.2, 0.25) is 0 Å². The second-order valence-corrected chi connectivity index (χ2v) is 6.57. The SMILES string of the molecule is O=C(O)C1CCCN1C(c1cccnc1)c1ccc(Cl)c(C(F)(F)F)c1. The number of nitrogens with zero attached hydrogens (tertiary/aromatic N) is 2. The van der Waals surface area contributed by atoms with Gasteiger partial charge in [-0.1, -0.05) is 23.7 Å². The molecule has 1 aliphatic rings. The summed E-state index contributed by atoms with van der Waals surface area (Å²) in [7, 11) is 0. The second-order valence-electron chi connectivity index (χ2n) is 6.16. The van der Waals surface area contributed by atoms with E-state index in [1.807, 2.05) is 0 Å². The van der Waals surface area contributed by atoms with Crippen LogP contribution < -0.4 is 0 Å². The van der Waals surface area contributed by atoms with E-state index in [-0.39, 0.29) is 5.02 Å². The van der Waals surface area contributed by atoms with Crippen molar-refractivity contribution < 1.29 is 23.1 Å². The lowest BCUT2D eigenvalue weighted by molar-refractivity contribution is -0.143. The summed E-state index contributed by atoms with van der Waals surface area (Å²) in [5, 5.41) is 9.11. The standard InChI is InChI=1S/C18H16ClF3N2O2/c19-14-6-5-11(9-13(14)18(20,21)22)16(12-3-1-7-23-10-12)24-8-2-4-15(24)17(25)26/h1,3,5-7,9-10,15-16H,2,4,8H2,(H,25,26). The second kappa shape index (κ2) is 7.25. The molecule has 26 heavy (non-hydrogen) atoms. The summed E-state index contributed by atoms with van der Waals surface area (Å²) in [6.45, 7) is 0.473. The van der Waals surface area contributed by atoms with Gasteiger partial charge in [-0.05, 0) is 42.2 Å². The minimum atomic E-state index is -4.59. The minimum Gasteiger partial charge on any atom is -0.480 e. The van der Waals surface area contributed by atoms with Crippen LogP contribution in [0, 0.1) is 0 Å². The van der Waals surface area contributed by atoms with E-state index in [2.05, 4.69) is 4.98 Å². The monoisotopic (exact) mass is 384 g/mol. The fourth-order valence-corrected chi connectivity index (χ4v) is 3.63. The Morgan fingerprint density at radius 1 is 1.31 bits per heavy atom. The number of carbonyl (C=O) groups is 1. The summed E-state index contributed by atoms with van der Waals surface area (Å²) in [5.41, 5.74) is 0.0376. The van der Waals surface area contributed by atoms with Crippen LogP contribution in [-0.2, 0) is 11.0 Å². The predicted octanol–water partition coefficient (Wildman–Crippen LogP) is 4.39. The van der Waals surface area contributed by atoms with E-state index >= 15 is 0 Å². The Labute approximate surface area is 153 Å². The maximum Gasteiger partial charge on any atom is 0.417 e. The average molecular weight is 385 g/mol. The smallest absolute Gasteiger partial charge is 0.417 e. The lowest BCUT2D eigenvalue weighted by Gasteiger charge is -2.32. The number of aliphatic carboxylic acids is 1. The number of pyridine rings is 1. The van der Waals surface area contributed by atoms with E-state index < -0.39 is 29.8 Å². The van der Waals surface area contributed by atoms with Crippen molar-refractivity contribution in [3.63, 3.8) is 0 Å². The van der Waals surface area contributed by atoms with Gasteiger partial charge in [-0.3, -0.25) is 14.7 Å². The van der Waals surface area contributed by atoms with Crippen molar-refractivity contribution in [2.45, 2.75) is 31.1 Å². The molecule has 1 aromatic carbocycles. The van der Waals surface area contributed by atoms with Gasteiger partial charge in [0.1, 0.15) is 6.04 Å². The first-order valence-corrected chi connectivity index (χ1v) is 8.42. The van der Waals surface area contributed by atoms with Crippen molar-refractivity contribution in [3.05, 3.63) is 64.4 Å². The van der Waals surface area contributed by atoms with Crippen LogP contribution >= 0.6 is 11.6 Å². The van der Waals surface area contributed by atoms with Gasteiger partial charge in [-0.15, -0.1) is 0 Å². The van der Waals surface area contributed by atoms with Crippen molar-refractivity contribution in [1.29, 1.82) is 0 Å². The number of halogens is 4. The molecule has 0 saturated carbocycles. The Morgan fingerprint density at radius 2 is 2.08 bits per heavy atom. The molecule has 8 heteroatoms.